The zero-order chi connectivity index (χ0) is 20.8. The van der Waals surface area contributed by atoms with Gasteiger partial charge in [0.05, 0.1) is 12.8 Å². The molecule has 156 valence electrons. The van der Waals surface area contributed by atoms with Crippen LogP contribution < -0.4 is 20.3 Å². The molecule has 0 aromatic heterocycles. The van der Waals surface area contributed by atoms with Crippen LogP contribution in [0.15, 0.2) is 41.4 Å². The molecule has 2 aromatic rings. The Morgan fingerprint density at radius 1 is 1.28 bits per heavy atom. The van der Waals surface area contributed by atoms with Crippen LogP contribution in [0.1, 0.15) is 12.0 Å². The molecule has 0 saturated carbocycles. The molecule has 2 aromatic carbocycles. The summed E-state index contributed by atoms with van der Waals surface area (Å²) < 4.78 is 32.2. The average Bonchev–Trinajstić information content (AvgIpc) is 3.16. The van der Waals surface area contributed by atoms with Crippen molar-refractivity contribution in [2.45, 2.75) is 18.9 Å². The summed E-state index contributed by atoms with van der Waals surface area (Å²) in [6.07, 6.45) is 1.44. The van der Waals surface area contributed by atoms with Gasteiger partial charge in [-0.1, -0.05) is 6.07 Å². The van der Waals surface area contributed by atoms with Crippen LogP contribution in [0.4, 0.5) is 14.5 Å². The molecule has 29 heavy (non-hydrogen) atoms. The third-order valence-corrected chi connectivity index (χ3v) is 4.98. The van der Waals surface area contributed by atoms with Crippen molar-refractivity contribution < 1.29 is 18.6 Å². The number of hydrogen-bond acceptors (Lipinski definition) is 4. The highest BCUT2D eigenvalue weighted by Gasteiger charge is 2.25. The number of halogens is 2. The number of hydrogen-bond donors (Lipinski definition) is 3. The molecule has 0 amide bonds. The van der Waals surface area contributed by atoms with Gasteiger partial charge in [-0.25, -0.2) is 8.78 Å². The van der Waals surface area contributed by atoms with Crippen molar-refractivity contribution in [1.29, 1.82) is 0 Å². The number of nitrogens with one attached hydrogen (secondary N) is 2. The van der Waals surface area contributed by atoms with Crippen molar-refractivity contribution in [1.82, 2.24) is 10.6 Å². The smallest absolute Gasteiger partial charge is 0.191 e. The van der Waals surface area contributed by atoms with Crippen LogP contribution in [-0.4, -0.2) is 50.9 Å². The number of phenolic OH excluding ortho intramolecular Hbond substituents is 1. The zero-order valence-corrected chi connectivity index (χ0v) is 16.6. The van der Waals surface area contributed by atoms with E-state index in [1.807, 2.05) is 17.0 Å². The van der Waals surface area contributed by atoms with Crippen molar-refractivity contribution in [3.8, 4) is 11.5 Å². The van der Waals surface area contributed by atoms with Gasteiger partial charge < -0.3 is 25.4 Å². The fourth-order valence-electron chi connectivity index (χ4n) is 3.42. The number of aromatic hydroxyl groups is 1. The van der Waals surface area contributed by atoms with Gasteiger partial charge >= 0.3 is 0 Å². The number of methoxy groups -OCH3 is 1. The molecular weight excluding hydrogens is 378 g/mol. The van der Waals surface area contributed by atoms with E-state index in [0.29, 0.717) is 43.5 Å². The lowest BCUT2D eigenvalue weighted by Gasteiger charge is -2.21. The molecule has 1 aliphatic rings. The van der Waals surface area contributed by atoms with E-state index >= 15 is 0 Å². The van der Waals surface area contributed by atoms with Crippen LogP contribution in [-0.2, 0) is 6.42 Å². The fraction of sp³-hybridized carbons (Fsp3) is 0.381. The fourth-order valence-corrected chi connectivity index (χ4v) is 3.42. The van der Waals surface area contributed by atoms with E-state index in [1.165, 1.54) is 12.1 Å². The minimum Gasteiger partial charge on any atom is -0.508 e. The quantitative estimate of drug-likeness (QED) is 0.510. The molecule has 3 rings (SSSR count). The van der Waals surface area contributed by atoms with E-state index < -0.39 is 11.6 Å². The van der Waals surface area contributed by atoms with Crippen molar-refractivity contribution in [3.63, 3.8) is 0 Å². The molecule has 1 atom stereocenters. The maximum absolute atomic E-state index is 14.0. The van der Waals surface area contributed by atoms with E-state index in [2.05, 4.69) is 15.6 Å². The summed E-state index contributed by atoms with van der Waals surface area (Å²) in [5.74, 6) is 0.325. The summed E-state index contributed by atoms with van der Waals surface area (Å²) in [7, 11) is 3.24. The topological polar surface area (TPSA) is 69.1 Å². The van der Waals surface area contributed by atoms with Crippen LogP contribution in [0, 0.1) is 11.6 Å². The SMILES string of the molecule is CN=C(NCCc1ccc(OC)cc1O)NC1CCN(c2ccc(F)cc2F)C1. The van der Waals surface area contributed by atoms with Crippen LogP contribution in [0.5, 0.6) is 11.5 Å². The first kappa shape index (κ1) is 20.7. The van der Waals surface area contributed by atoms with Gasteiger partial charge in [0.15, 0.2) is 5.96 Å². The number of anilines is 1. The molecule has 0 bridgehead atoms. The van der Waals surface area contributed by atoms with Gasteiger partial charge in [0.25, 0.3) is 0 Å². The van der Waals surface area contributed by atoms with Crippen LogP contribution in [0.25, 0.3) is 0 Å². The highest BCUT2D eigenvalue weighted by molar-refractivity contribution is 5.80. The number of ether oxygens (including phenoxy) is 1. The summed E-state index contributed by atoms with van der Waals surface area (Å²) in [5, 5.41) is 16.6. The van der Waals surface area contributed by atoms with Crippen LogP contribution >= 0.6 is 0 Å². The predicted octanol–water partition coefficient (Wildman–Crippen LogP) is 2.67. The van der Waals surface area contributed by atoms with E-state index in [1.54, 1.807) is 20.2 Å². The van der Waals surface area contributed by atoms with E-state index in [9.17, 15) is 13.9 Å². The van der Waals surface area contributed by atoms with Crippen molar-refractivity contribution in [2.24, 2.45) is 4.99 Å². The van der Waals surface area contributed by atoms with Crippen molar-refractivity contribution >= 4 is 11.6 Å². The second-order valence-electron chi connectivity index (χ2n) is 6.92. The van der Waals surface area contributed by atoms with E-state index in [-0.39, 0.29) is 11.8 Å². The summed E-state index contributed by atoms with van der Waals surface area (Å²) in [6.45, 7) is 1.86. The second-order valence-corrected chi connectivity index (χ2v) is 6.92. The first-order valence-corrected chi connectivity index (χ1v) is 9.53. The Morgan fingerprint density at radius 3 is 2.79 bits per heavy atom. The first-order valence-electron chi connectivity index (χ1n) is 9.53. The Kier molecular flexibility index (Phi) is 6.74. The maximum atomic E-state index is 14.0. The lowest BCUT2D eigenvalue weighted by Crippen LogP contribution is -2.45. The first-order chi connectivity index (χ1) is 14.0. The molecule has 0 radical (unpaired) electrons. The molecule has 1 saturated heterocycles. The highest BCUT2D eigenvalue weighted by atomic mass is 19.1. The van der Waals surface area contributed by atoms with Crippen molar-refractivity contribution in [3.05, 3.63) is 53.6 Å². The highest BCUT2D eigenvalue weighted by Crippen LogP contribution is 2.25. The molecular formula is C21H26F2N4O2. The standard InChI is InChI=1S/C21H26F2N4O2/c1-24-21(25-9-7-14-3-5-17(29-2)12-20(14)28)26-16-8-10-27(13-16)19-6-4-15(22)11-18(19)23/h3-6,11-12,16,28H,7-10,13H2,1-2H3,(H2,24,25,26). The molecule has 3 N–H and O–H groups in total. The third kappa shape index (κ3) is 5.28. The lowest BCUT2D eigenvalue weighted by atomic mass is 10.1. The molecule has 8 heteroatoms. The second kappa shape index (κ2) is 9.45. The minimum atomic E-state index is -0.576. The molecule has 1 aliphatic heterocycles. The number of phenols is 1. The predicted molar refractivity (Wildman–Crippen MR) is 110 cm³/mol. The van der Waals surface area contributed by atoms with Gasteiger partial charge in [0.1, 0.15) is 23.1 Å². The summed E-state index contributed by atoms with van der Waals surface area (Å²) in [4.78, 5) is 6.13. The van der Waals surface area contributed by atoms with E-state index in [4.69, 9.17) is 4.74 Å². The Balaban J connectivity index is 1.49. The van der Waals surface area contributed by atoms with E-state index in [0.717, 1.165) is 18.1 Å². The summed E-state index contributed by atoms with van der Waals surface area (Å²) >= 11 is 0. The monoisotopic (exact) mass is 404 g/mol. The maximum Gasteiger partial charge on any atom is 0.191 e. The van der Waals surface area contributed by atoms with Gasteiger partial charge in [-0.2, -0.15) is 0 Å². The van der Waals surface area contributed by atoms with Crippen molar-refractivity contribution in [2.75, 3.05) is 38.7 Å². The normalized spacial score (nSPS) is 16.8. The number of aliphatic imine (C=N–C) groups is 1. The number of nitrogens with zero attached hydrogens (tertiary/aromatic N) is 2. The largest absolute Gasteiger partial charge is 0.508 e. The third-order valence-electron chi connectivity index (χ3n) is 4.98. The Hall–Kier alpha value is -3.03. The number of benzene rings is 2. The molecule has 6 nitrogen and oxygen atoms in total. The van der Waals surface area contributed by atoms with Crippen LogP contribution in [0.2, 0.25) is 0 Å². The summed E-state index contributed by atoms with van der Waals surface area (Å²) in [6, 6.07) is 8.98. The molecule has 0 spiro atoms. The number of rotatable bonds is 6. The zero-order valence-electron chi connectivity index (χ0n) is 16.6. The van der Waals surface area contributed by atoms with Crippen LogP contribution in [0.3, 0.4) is 0 Å². The average molecular weight is 404 g/mol. The van der Waals surface area contributed by atoms with Gasteiger partial charge in [0.2, 0.25) is 0 Å². The number of guanidine groups is 1. The Bertz CT molecular complexity index is 876. The molecule has 1 heterocycles. The molecule has 0 aliphatic carbocycles. The molecule has 1 unspecified atom stereocenters. The Morgan fingerprint density at radius 2 is 2.10 bits per heavy atom. The summed E-state index contributed by atoms with van der Waals surface area (Å²) in [5.41, 5.74) is 1.22. The van der Waals surface area contributed by atoms with Gasteiger partial charge in [0, 0.05) is 44.9 Å². The molecule has 1 fully saturated rings. The van der Waals surface area contributed by atoms with Gasteiger partial charge in [-0.3, -0.25) is 4.99 Å². The van der Waals surface area contributed by atoms with Gasteiger partial charge in [-0.05, 0) is 36.6 Å². The van der Waals surface area contributed by atoms with Gasteiger partial charge in [-0.15, -0.1) is 0 Å². The lowest BCUT2D eigenvalue weighted by molar-refractivity contribution is 0.406. The minimum absolute atomic E-state index is 0.0973. The Labute approximate surface area is 169 Å².